The van der Waals surface area contributed by atoms with Crippen LogP contribution < -0.4 is 5.32 Å². The van der Waals surface area contributed by atoms with E-state index in [2.05, 4.69) is 31.0 Å². The average molecular weight is 268 g/mol. The summed E-state index contributed by atoms with van der Waals surface area (Å²) in [5.74, 6) is 1.17. The third-order valence-electron chi connectivity index (χ3n) is 3.02. The highest BCUT2D eigenvalue weighted by Crippen LogP contribution is 2.37. The van der Waals surface area contributed by atoms with Gasteiger partial charge in [0.1, 0.15) is 0 Å². The van der Waals surface area contributed by atoms with Crippen molar-refractivity contribution in [2.75, 3.05) is 5.75 Å². The highest BCUT2D eigenvalue weighted by molar-refractivity contribution is 7.99. The van der Waals surface area contributed by atoms with Crippen LogP contribution in [0.2, 0.25) is 5.02 Å². The molecule has 0 saturated heterocycles. The summed E-state index contributed by atoms with van der Waals surface area (Å²) in [6, 6.07) is 7.10. The van der Waals surface area contributed by atoms with Crippen LogP contribution in [0.1, 0.15) is 31.4 Å². The second kappa shape index (κ2) is 5.94. The first-order valence-corrected chi connectivity index (χ1v) is 7.36. The monoisotopic (exact) mass is 267 g/mol. The Bertz CT molecular complexity index is 405. The maximum Gasteiger partial charge on any atom is 0.0410 e. The van der Waals surface area contributed by atoms with E-state index in [9.17, 15) is 0 Å². The molecule has 1 aromatic carbocycles. The Morgan fingerprint density at radius 2 is 2.47 bits per heavy atom. The Labute approximate surface area is 113 Å². The lowest BCUT2D eigenvalue weighted by Crippen LogP contribution is -2.32. The number of thioether (sulfide) groups is 1. The van der Waals surface area contributed by atoms with Crippen molar-refractivity contribution in [2.45, 2.75) is 36.7 Å². The average Bonchev–Trinajstić information content (AvgIpc) is 2.30. The van der Waals surface area contributed by atoms with Crippen molar-refractivity contribution in [1.29, 1.82) is 0 Å². The number of nitrogens with one attached hydrogen (secondary N) is 1. The van der Waals surface area contributed by atoms with Gasteiger partial charge in [0.25, 0.3) is 0 Å². The van der Waals surface area contributed by atoms with E-state index in [1.54, 1.807) is 0 Å². The smallest absolute Gasteiger partial charge is 0.0410 e. The van der Waals surface area contributed by atoms with Gasteiger partial charge >= 0.3 is 0 Å². The zero-order valence-corrected chi connectivity index (χ0v) is 11.7. The molecule has 0 aliphatic carbocycles. The summed E-state index contributed by atoms with van der Waals surface area (Å²) in [4.78, 5) is 1.36. The van der Waals surface area contributed by atoms with E-state index in [1.165, 1.54) is 22.6 Å². The Balaban J connectivity index is 2.16. The first kappa shape index (κ1) is 13.0. The van der Waals surface area contributed by atoms with E-state index < -0.39 is 0 Å². The predicted molar refractivity (Wildman–Crippen MR) is 76.9 cm³/mol. The van der Waals surface area contributed by atoms with Gasteiger partial charge in [-0.15, -0.1) is 18.3 Å². The first-order valence-electron chi connectivity index (χ1n) is 6.00. The number of hydrogen-bond donors (Lipinski definition) is 1. The van der Waals surface area contributed by atoms with Crippen LogP contribution in [0.3, 0.4) is 0 Å². The number of benzene rings is 1. The quantitative estimate of drug-likeness (QED) is 0.810. The highest BCUT2D eigenvalue weighted by Gasteiger charge is 2.21. The van der Waals surface area contributed by atoms with E-state index in [-0.39, 0.29) is 0 Å². The fourth-order valence-corrected chi connectivity index (χ4v) is 3.49. The Morgan fingerprint density at radius 1 is 1.65 bits per heavy atom. The number of hydrogen-bond acceptors (Lipinski definition) is 2. The first-order chi connectivity index (χ1) is 8.20. The molecule has 0 saturated carbocycles. The molecular weight excluding hydrogens is 250 g/mol. The molecule has 17 heavy (non-hydrogen) atoms. The zero-order valence-electron chi connectivity index (χ0n) is 10.1. The van der Waals surface area contributed by atoms with Gasteiger partial charge < -0.3 is 5.32 Å². The molecule has 2 atom stereocenters. The maximum absolute atomic E-state index is 6.09. The third-order valence-corrected chi connectivity index (χ3v) is 4.37. The molecule has 0 aromatic heterocycles. The fraction of sp³-hybridized carbons (Fsp3) is 0.429. The van der Waals surface area contributed by atoms with E-state index in [0.29, 0.717) is 12.1 Å². The van der Waals surface area contributed by atoms with Crippen LogP contribution in [0.5, 0.6) is 0 Å². The van der Waals surface area contributed by atoms with Crippen molar-refractivity contribution < 1.29 is 0 Å². The van der Waals surface area contributed by atoms with E-state index in [0.717, 1.165) is 11.4 Å². The molecule has 92 valence electrons. The Morgan fingerprint density at radius 3 is 3.24 bits per heavy atom. The molecule has 1 N–H and O–H groups in total. The van der Waals surface area contributed by atoms with Gasteiger partial charge in [-0.2, -0.15) is 0 Å². The summed E-state index contributed by atoms with van der Waals surface area (Å²) in [5.41, 5.74) is 1.35. The molecule has 3 heteroatoms. The number of halogens is 1. The van der Waals surface area contributed by atoms with Crippen LogP contribution in [0.25, 0.3) is 0 Å². The van der Waals surface area contributed by atoms with Gasteiger partial charge in [0.05, 0.1) is 0 Å². The van der Waals surface area contributed by atoms with E-state index in [4.69, 9.17) is 11.6 Å². The molecule has 1 aliphatic heterocycles. The van der Waals surface area contributed by atoms with Crippen LogP contribution in [0.15, 0.2) is 35.7 Å². The van der Waals surface area contributed by atoms with Gasteiger partial charge in [-0.05, 0) is 49.3 Å². The summed E-state index contributed by atoms with van der Waals surface area (Å²) in [7, 11) is 0. The Kier molecular flexibility index (Phi) is 4.55. The molecule has 2 rings (SSSR count). The SMILES string of the molecule is C=CCC(C)NC1CCSc2ccc(Cl)cc21. The molecular formula is C14H18ClNS. The molecule has 0 bridgehead atoms. The van der Waals surface area contributed by atoms with Gasteiger partial charge in [-0.25, -0.2) is 0 Å². The summed E-state index contributed by atoms with van der Waals surface area (Å²) < 4.78 is 0. The summed E-state index contributed by atoms with van der Waals surface area (Å²) in [6.07, 6.45) is 4.13. The molecule has 1 aliphatic rings. The van der Waals surface area contributed by atoms with E-state index >= 15 is 0 Å². The third kappa shape index (κ3) is 3.27. The van der Waals surface area contributed by atoms with Crippen LogP contribution in [0, 0.1) is 0 Å². The molecule has 0 amide bonds. The summed E-state index contributed by atoms with van der Waals surface area (Å²) >= 11 is 8.01. The molecule has 0 fully saturated rings. The van der Waals surface area contributed by atoms with E-state index in [1.807, 2.05) is 23.9 Å². The van der Waals surface area contributed by atoms with Crippen molar-refractivity contribution in [3.63, 3.8) is 0 Å². The van der Waals surface area contributed by atoms with Crippen LogP contribution in [0.4, 0.5) is 0 Å². The molecule has 0 spiro atoms. The van der Waals surface area contributed by atoms with Gasteiger partial charge in [0.2, 0.25) is 0 Å². The minimum absolute atomic E-state index is 0.430. The minimum Gasteiger partial charge on any atom is -0.307 e. The van der Waals surface area contributed by atoms with Crippen LogP contribution >= 0.6 is 23.4 Å². The van der Waals surface area contributed by atoms with Gasteiger partial charge in [-0.1, -0.05) is 17.7 Å². The standard InChI is InChI=1S/C14H18ClNS/c1-3-4-10(2)16-13-7-8-17-14-6-5-11(15)9-12(13)14/h3,5-6,9-10,13,16H,1,4,7-8H2,2H3. The van der Waals surface area contributed by atoms with Crippen molar-refractivity contribution in [3.05, 3.63) is 41.4 Å². The largest absolute Gasteiger partial charge is 0.307 e. The van der Waals surface area contributed by atoms with Crippen molar-refractivity contribution >= 4 is 23.4 Å². The molecule has 0 radical (unpaired) electrons. The lowest BCUT2D eigenvalue weighted by molar-refractivity contribution is 0.442. The summed E-state index contributed by atoms with van der Waals surface area (Å²) in [6.45, 7) is 5.99. The van der Waals surface area contributed by atoms with Crippen LogP contribution in [-0.4, -0.2) is 11.8 Å². The molecule has 1 aromatic rings. The lowest BCUT2D eigenvalue weighted by Gasteiger charge is -2.28. The van der Waals surface area contributed by atoms with Gasteiger partial charge in [-0.3, -0.25) is 0 Å². The van der Waals surface area contributed by atoms with Gasteiger partial charge in [0, 0.05) is 22.0 Å². The number of rotatable bonds is 4. The molecule has 1 nitrogen and oxygen atoms in total. The molecule has 1 heterocycles. The maximum atomic E-state index is 6.09. The van der Waals surface area contributed by atoms with Crippen molar-refractivity contribution in [2.24, 2.45) is 0 Å². The minimum atomic E-state index is 0.430. The second-order valence-corrected chi connectivity index (χ2v) is 6.04. The van der Waals surface area contributed by atoms with Gasteiger partial charge in [0.15, 0.2) is 0 Å². The topological polar surface area (TPSA) is 12.0 Å². The lowest BCUT2D eigenvalue weighted by atomic mass is 10.0. The Hall–Kier alpha value is -0.440. The fourth-order valence-electron chi connectivity index (χ4n) is 2.20. The normalized spacial score (nSPS) is 20.7. The zero-order chi connectivity index (χ0) is 12.3. The van der Waals surface area contributed by atoms with Crippen LogP contribution in [-0.2, 0) is 0 Å². The molecule has 2 unspecified atom stereocenters. The summed E-state index contributed by atoms with van der Waals surface area (Å²) in [5, 5.41) is 4.49. The second-order valence-electron chi connectivity index (χ2n) is 4.46. The predicted octanol–water partition coefficient (Wildman–Crippen LogP) is 4.43. The highest BCUT2D eigenvalue weighted by atomic mass is 35.5. The number of fused-ring (bicyclic) bond motifs is 1. The van der Waals surface area contributed by atoms with Crippen molar-refractivity contribution in [3.8, 4) is 0 Å². The van der Waals surface area contributed by atoms with Crippen molar-refractivity contribution in [1.82, 2.24) is 5.32 Å².